The Labute approximate surface area is 309 Å². The minimum absolute atomic E-state index is 0. The number of fused-ring (bicyclic) bond motifs is 1. The molecule has 0 aliphatic heterocycles. The maximum atomic E-state index is 6.48. The van der Waals surface area contributed by atoms with Crippen molar-refractivity contribution in [1.29, 1.82) is 0 Å². The molecule has 0 saturated carbocycles. The predicted molar refractivity (Wildman–Crippen MR) is 197 cm³/mol. The quantitative estimate of drug-likeness (QED) is 0.346. The van der Waals surface area contributed by atoms with Crippen molar-refractivity contribution in [3.05, 3.63) is 73.9 Å². The second-order valence-corrected chi connectivity index (χ2v) is 37.3. The van der Waals surface area contributed by atoms with Gasteiger partial charge in [0.1, 0.15) is 0 Å². The molecule has 0 aromatic heterocycles. The number of methoxy groups -OCH3 is 2. The maximum Gasteiger partial charge on any atom is -1.00 e. The van der Waals surface area contributed by atoms with Gasteiger partial charge in [0.25, 0.3) is 0 Å². The summed E-state index contributed by atoms with van der Waals surface area (Å²) >= 11 is -2.10. The molecule has 2 aromatic carbocycles. The van der Waals surface area contributed by atoms with Crippen molar-refractivity contribution in [2.75, 3.05) is 14.2 Å². The summed E-state index contributed by atoms with van der Waals surface area (Å²) in [5.41, 5.74) is 17.1. The summed E-state index contributed by atoms with van der Waals surface area (Å²) in [4.78, 5) is 0. The first kappa shape index (κ1) is 42.1. The van der Waals surface area contributed by atoms with E-state index < -0.39 is 26.8 Å². The molecule has 0 amide bonds. The number of ether oxygens (including phenoxy) is 2. The van der Waals surface area contributed by atoms with Crippen LogP contribution in [-0.4, -0.2) is 20.1 Å². The van der Waals surface area contributed by atoms with Crippen molar-refractivity contribution in [2.45, 2.75) is 134 Å². The molecule has 1 unspecified atom stereocenters. The van der Waals surface area contributed by atoms with Gasteiger partial charge >= 0.3 is 287 Å². The number of hydrogen-bond donors (Lipinski definition) is 0. The molecule has 2 aliphatic carbocycles. The fourth-order valence-corrected chi connectivity index (χ4v) is 32.0. The van der Waals surface area contributed by atoms with Crippen LogP contribution in [0.4, 0.5) is 0 Å². The van der Waals surface area contributed by atoms with Crippen LogP contribution in [0.2, 0.25) is 16.7 Å². The first-order valence-corrected chi connectivity index (χ1v) is 26.9. The van der Waals surface area contributed by atoms with Gasteiger partial charge in [0.15, 0.2) is 0 Å². The van der Waals surface area contributed by atoms with Crippen LogP contribution in [0.3, 0.4) is 0 Å². The van der Waals surface area contributed by atoms with Gasteiger partial charge in [-0.05, 0) is 0 Å². The molecule has 2 aromatic rings. The Bertz CT molecular complexity index is 1550. The van der Waals surface area contributed by atoms with Crippen LogP contribution in [0.1, 0.15) is 128 Å². The van der Waals surface area contributed by atoms with E-state index in [-0.39, 0.29) is 41.1 Å². The first-order valence-electron chi connectivity index (χ1n) is 17.0. The van der Waals surface area contributed by atoms with E-state index in [2.05, 4.69) is 134 Å². The molecule has 4 rings (SSSR count). The average Bonchev–Trinajstić information content (AvgIpc) is 3.33. The van der Waals surface area contributed by atoms with E-state index in [1.165, 1.54) is 33.4 Å². The zero-order chi connectivity index (χ0) is 34.1. The monoisotopic (exact) mass is 773 g/mol. The van der Waals surface area contributed by atoms with Gasteiger partial charge in [0.2, 0.25) is 0 Å². The zero-order valence-electron chi connectivity index (χ0n) is 32.6. The third-order valence-corrected chi connectivity index (χ3v) is 33.0. The standard InChI is InChI=1S/C30H41O2.C9H13.C2H7Si.2ClH.Zr/c1-18-13-19-15-24(30(8,9)10)27(32-12)25(21(19)14-18)20-16-22(28(2,3)4)26(31-11)23(17-20)29(5,6)7;1-6-5-7(2)9(4)8(6)3;1-3-2;;;/h13-17H,1-12H3;5H,1-4H3;3H,1-2H3;2*1H;/q;;;;;+2/p-2. The Morgan fingerprint density at radius 1 is 0.617 bits per heavy atom. The molecule has 2 aliphatic rings. The van der Waals surface area contributed by atoms with E-state index in [0.717, 1.165) is 11.5 Å². The minimum atomic E-state index is -2.10. The third-order valence-electron chi connectivity index (χ3n) is 10.6. The molecular formula is C41H61Cl2O2SiZr. The summed E-state index contributed by atoms with van der Waals surface area (Å²) in [6.45, 7) is 38.3. The fraction of sp³-hybridized carbons (Fsp3) is 0.561. The molecule has 0 saturated heterocycles. The molecule has 2 nitrogen and oxygen atoms in total. The van der Waals surface area contributed by atoms with Crippen LogP contribution in [-0.2, 0) is 37.2 Å². The second-order valence-electron chi connectivity index (χ2n) is 17.2. The summed E-state index contributed by atoms with van der Waals surface area (Å²) in [6, 6.07) is 7.41. The summed E-state index contributed by atoms with van der Waals surface area (Å²) in [7, 11) is 3.70. The fourth-order valence-electron chi connectivity index (χ4n) is 7.94. The van der Waals surface area contributed by atoms with Crippen LogP contribution in [0.5, 0.6) is 11.5 Å². The van der Waals surface area contributed by atoms with Gasteiger partial charge in [-0.1, -0.05) is 0 Å². The number of halogens is 2. The van der Waals surface area contributed by atoms with Crippen molar-refractivity contribution >= 4 is 12.0 Å². The van der Waals surface area contributed by atoms with Crippen LogP contribution < -0.4 is 34.3 Å². The van der Waals surface area contributed by atoms with Crippen LogP contribution in [0.25, 0.3) is 17.2 Å². The van der Waals surface area contributed by atoms with E-state index in [1.807, 2.05) is 14.2 Å². The van der Waals surface area contributed by atoms with E-state index in [4.69, 9.17) is 9.47 Å². The number of hydrogen-bond acceptors (Lipinski definition) is 2. The molecule has 0 spiro atoms. The van der Waals surface area contributed by atoms with Crippen LogP contribution in [0.15, 0.2) is 46.1 Å². The number of rotatable bonds is 6. The van der Waals surface area contributed by atoms with Crippen molar-refractivity contribution < 1.29 is 55.2 Å². The minimum Gasteiger partial charge on any atom is -1.00 e. The van der Waals surface area contributed by atoms with Crippen LogP contribution >= 0.6 is 0 Å². The molecular weight excluding hydrogens is 715 g/mol. The van der Waals surface area contributed by atoms with E-state index in [0.29, 0.717) is 7.25 Å². The van der Waals surface area contributed by atoms with Gasteiger partial charge in [-0.15, -0.1) is 0 Å². The Hall–Kier alpha value is -1.06. The molecule has 1 atom stereocenters. The average molecular weight is 776 g/mol. The van der Waals surface area contributed by atoms with E-state index in [1.54, 1.807) is 33.4 Å². The Kier molecular flexibility index (Phi) is 13.1. The van der Waals surface area contributed by atoms with Crippen molar-refractivity contribution in [3.8, 4) is 22.6 Å². The van der Waals surface area contributed by atoms with Crippen molar-refractivity contribution in [1.82, 2.24) is 0 Å². The zero-order valence-corrected chi connectivity index (χ0v) is 37.7. The van der Waals surface area contributed by atoms with Gasteiger partial charge in [-0.25, -0.2) is 0 Å². The van der Waals surface area contributed by atoms with Gasteiger partial charge in [-0.3, -0.25) is 0 Å². The normalized spacial score (nSPS) is 17.1. The molecule has 6 heteroatoms. The predicted octanol–water partition coefficient (Wildman–Crippen LogP) is 5.81. The van der Waals surface area contributed by atoms with E-state index >= 15 is 0 Å². The van der Waals surface area contributed by atoms with Gasteiger partial charge < -0.3 is 24.8 Å². The third kappa shape index (κ3) is 7.52. The summed E-state index contributed by atoms with van der Waals surface area (Å²) in [6.07, 6.45) is 2.56. The summed E-state index contributed by atoms with van der Waals surface area (Å²) in [5.74, 6) is 1.13. The smallest absolute Gasteiger partial charge is 1.00 e. The molecule has 0 bridgehead atoms. The number of benzene rings is 2. The largest absolute Gasteiger partial charge is 1.00 e. The summed E-state index contributed by atoms with van der Waals surface area (Å²) in [5, 5.41) is 0. The van der Waals surface area contributed by atoms with Gasteiger partial charge in [-0.2, -0.15) is 0 Å². The number of allylic oxidation sites excluding steroid dienone is 5. The maximum absolute atomic E-state index is 6.48. The molecule has 0 N–H and O–H groups in total. The molecule has 259 valence electrons. The van der Waals surface area contributed by atoms with Crippen molar-refractivity contribution in [2.24, 2.45) is 0 Å². The topological polar surface area (TPSA) is 18.5 Å². The van der Waals surface area contributed by atoms with E-state index in [9.17, 15) is 0 Å². The molecule has 47 heavy (non-hydrogen) atoms. The molecule has 0 radical (unpaired) electrons. The van der Waals surface area contributed by atoms with Crippen molar-refractivity contribution in [3.63, 3.8) is 0 Å². The molecule has 0 heterocycles. The second kappa shape index (κ2) is 14.7. The molecule has 0 fully saturated rings. The van der Waals surface area contributed by atoms with Gasteiger partial charge in [0.05, 0.1) is 0 Å². The Morgan fingerprint density at radius 2 is 1.02 bits per heavy atom. The Morgan fingerprint density at radius 3 is 1.38 bits per heavy atom. The SMILES string of the molecule is COc1c(C(C)(C)C)cc(-c2c3c(cc(C(C)(C)C)c2OC)[CH]([Zr+2]([CH]2C(C)=C(C)C(C)=C2C)[SiH](C)C)C(C)=C3)cc1C(C)(C)C.[Cl-].[Cl-]. The summed E-state index contributed by atoms with van der Waals surface area (Å²) < 4.78 is 14.0. The van der Waals surface area contributed by atoms with Crippen LogP contribution in [0, 0.1) is 0 Å². The first-order chi connectivity index (χ1) is 20.6. The van der Waals surface area contributed by atoms with Gasteiger partial charge in [0, 0.05) is 0 Å². The Balaban J connectivity index is 0.00000384.